The summed E-state index contributed by atoms with van der Waals surface area (Å²) >= 11 is 4.81. The number of rotatable bonds is 3. The van der Waals surface area contributed by atoms with E-state index in [1.807, 2.05) is 12.1 Å². The molecule has 82 valence electrons. The smallest absolute Gasteiger partial charge is 0.121 e. The third-order valence-electron chi connectivity index (χ3n) is 1.80. The van der Waals surface area contributed by atoms with Gasteiger partial charge in [-0.2, -0.15) is 0 Å². The van der Waals surface area contributed by atoms with Crippen LogP contribution in [0.3, 0.4) is 0 Å². The highest BCUT2D eigenvalue weighted by atomic mass is 79.9. The Morgan fingerprint density at radius 2 is 1.88 bits per heavy atom. The molecule has 0 unspecified atom stereocenters. The molecule has 0 radical (unpaired) electrons. The van der Waals surface area contributed by atoms with Crippen molar-refractivity contribution in [3.63, 3.8) is 0 Å². The van der Waals surface area contributed by atoms with Crippen LogP contribution in [-0.4, -0.2) is 15.0 Å². The predicted octanol–water partition coefficient (Wildman–Crippen LogP) is 2.24. The van der Waals surface area contributed by atoms with Gasteiger partial charge in [-0.3, -0.25) is 4.98 Å². The second-order valence-electron chi connectivity index (χ2n) is 2.97. The van der Waals surface area contributed by atoms with Crippen molar-refractivity contribution in [2.45, 2.75) is 16.6 Å². The molecule has 2 aromatic rings. The van der Waals surface area contributed by atoms with Gasteiger partial charge in [-0.15, -0.1) is 0 Å². The minimum absolute atomic E-state index is 0.411. The van der Waals surface area contributed by atoms with Crippen molar-refractivity contribution in [3.05, 3.63) is 40.9 Å². The lowest BCUT2D eigenvalue weighted by Gasteiger charge is -2.00. The Balaban J connectivity index is 2.11. The Labute approximate surface area is 106 Å². The Bertz CT molecular complexity index is 457. The number of nitrogens with zero attached hydrogens (tertiary/aromatic N) is 3. The number of halogens is 1. The van der Waals surface area contributed by atoms with E-state index in [2.05, 4.69) is 30.9 Å². The van der Waals surface area contributed by atoms with Crippen LogP contribution in [0.25, 0.3) is 0 Å². The summed E-state index contributed by atoms with van der Waals surface area (Å²) in [6, 6.07) is 3.87. The molecule has 0 fully saturated rings. The van der Waals surface area contributed by atoms with Crippen LogP contribution in [0.2, 0.25) is 0 Å². The van der Waals surface area contributed by atoms with Crippen LogP contribution in [0, 0.1) is 0 Å². The van der Waals surface area contributed by atoms with E-state index in [4.69, 9.17) is 5.73 Å². The van der Waals surface area contributed by atoms with Gasteiger partial charge in [-0.05, 0) is 39.8 Å². The largest absolute Gasteiger partial charge is 0.325 e. The molecule has 2 aromatic heterocycles. The summed E-state index contributed by atoms with van der Waals surface area (Å²) in [5.41, 5.74) is 6.23. The maximum atomic E-state index is 5.44. The summed E-state index contributed by atoms with van der Waals surface area (Å²) in [6.07, 6.45) is 5.14. The van der Waals surface area contributed by atoms with E-state index < -0.39 is 0 Å². The molecule has 16 heavy (non-hydrogen) atoms. The third-order valence-corrected chi connectivity index (χ3v) is 3.14. The molecule has 0 saturated carbocycles. The first-order chi connectivity index (χ1) is 7.78. The van der Waals surface area contributed by atoms with Gasteiger partial charge in [0.25, 0.3) is 0 Å². The van der Waals surface area contributed by atoms with Crippen LogP contribution in [0.15, 0.2) is 45.2 Å². The fraction of sp³-hybridized carbons (Fsp3) is 0.100. The molecule has 6 heteroatoms. The molecule has 0 aliphatic rings. The monoisotopic (exact) mass is 296 g/mol. The number of aromatic nitrogens is 3. The standard InChI is InChI=1S/C10H9BrN4S/c11-7-1-2-9(14-4-7)16-10-6-13-8(3-12)5-15-10/h1-2,4-6H,3,12H2. The zero-order valence-corrected chi connectivity index (χ0v) is 10.7. The molecule has 0 spiro atoms. The van der Waals surface area contributed by atoms with E-state index in [1.54, 1.807) is 18.6 Å². The molecular weight excluding hydrogens is 288 g/mol. The molecule has 0 aliphatic heterocycles. The van der Waals surface area contributed by atoms with Gasteiger partial charge in [-0.25, -0.2) is 9.97 Å². The normalized spacial score (nSPS) is 10.4. The van der Waals surface area contributed by atoms with Gasteiger partial charge < -0.3 is 5.73 Å². The van der Waals surface area contributed by atoms with Crippen molar-refractivity contribution in [2.75, 3.05) is 0 Å². The topological polar surface area (TPSA) is 64.7 Å². The fourth-order valence-electron chi connectivity index (χ4n) is 1.03. The van der Waals surface area contributed by atoms with Crippen LogP contribution < -0.4 is 5.73 Å². The number of nitrogens with two attached hydrogens (primary N) is 1. The molecule has 0 bridgehead atoms. The molecule has 0 aliphatic carbocycles. The summed E-state index contributed by atoms with van der Waals surface area (Å²) in [7, 11) is 0. The minimum Gasteiger partial charge on any atom is -0.325 e. The molecular formula is C10H9BrN4S. The van der Waals surface area contributed by atoms with Crippen molar-refractivity contribution in [3.8, 4) is 0 Å². The second-order valence-corrected chi connectivity index (χ2v) is 4.92. The molecule has 0 aromatic carbocycles. The quantitative estimate of drug-likeness (QED) is 0.941. The minimum atomic E-state index is 0.411. The van der Waals surface area contributed by atoms with Gasteiger partial charge in [0, 0.05) is 17.2 Å². The van der Waals surface area contributed by atoms with Crippen molar-refractivity contribution < 1.29 is 0 Å². The maximum Gasteiger partial charge on any atom is 0.121 e. The lowest BCUT2D eigenvalue weighted by molar-refractivity contribution is 0.922. The average molecular weight is 297 g/mol. The van der Waals surface area contributed by atoms with Crippen LogP contribution in [-0.2, 0) is 6.54 Å². The zero-order chi connectivity index (χ0) is 11.4. The maximum absolute atomic E-state index is 5.44. The van der Waals surface area contributed by atoms with Crippen LogP contribution in [0.5, 0.6) is 0 Å². The molecule has 4 nitrogen and oxygen atoms in total. The number of hydrogen-bond donors (Lipinski definition) is 1. The number of pyridine rings is 1. The molecule has 0 amide bonds. The Hall–Kier alpha value is -0.980. The Morgan fingerprint density at radius 1 is 1.06 bits per heavy atom. The first-order valence-corrected chi connectivity index (χ1v) is 6.19. The Kier molecular flexibility index (Phi) is 3.87. The van der Waals surface area contributed by atoms with Gasteiger partial charge in [0.2, 0.25) is 0 Å². The SMILES string of the molecule is NCc1cnc(Sc2ccc(Br)cn2)cn1. The fourth-order valence-corrected chi connectivity index (χ4v) is 1.93. The van der Waals surface area contributed by atoms with Gasteiger partial charge >= 0.3 is 0 Å². The van der Waals surface area contributed by atoms with E-state index in [1.165, 1.54) is 11.8 Å². The third kappa shape index (κ3) is 3.01. The summed E-state index contributed by atoms with van der Waals surface area (Å²) in [5, 5.41) is 1.70. The highest BCUT2D eigenvalue weighted by Gasteiger charge is 2.01. The van der Waals surface area contributed by atoms with Crippen molar-refractivity contribution in [1.82, 2.24) is 15.0 Å². The first kappa shape index (κ1) is 11.5. The Morgan fingerprint density at radius 3 is 2.44 bits per heavy atom. The summed E-state index contributed by atoms with van der Waals surface area (Å²) in [6.45, 7) is 0.411. The van der Waals surface area contributed by atoms with Gasteiger partial charge in [0.05, 0.1) is 18.1 Å². The predicted molar refractivity (Wildman–Crippen MR) is 66.0 cm³/mol. The lowest BCUT2D eigenvalue weighted by atomic mass is 10.5. The van der Waals surface area contributed by atoms with Gasteiger partial charge in [-0.1, -0.05) is 0 Å². The van der Waals surface area contributed by atoms with Crippen molar-refractivity contribution in [2.24, 2.45) is 5.73 Å². The van der Waals surface area contributed by atoms with E-state index in [9.17, 15) is 0 Å². The van der Waals surface area contributed by atoms with Crippen molar-refractivity contribution in [1.29, 1.82) is 0 Å². The molecule has 2 rings (SSSR count). The van der Waals surface area contributed by atoms with E-state index in [0.717, 1.165) is 20.2 Å². The summed E-state index contributed by atoms with van der Waals surface area (Å²) in [4.78, 5) is 12.6. The highest BCUT2D eigenvalue weighted by Crippen LogP contribution is 2.24. The summed E-state index contributed by atoms with van der Waals surface area (Å²) in [5.74, 6) is 0. The van der Waals surface area contributed by atoms with E-state index in [-0.39, 0.29) is 0 Å². The van der Waals surface area contributed by atoms with Crippen LogP contribution in [0.4, 0.5) is 0 Å². The molecule has 2 heterocycles. The van der Waals surface area contributed by atoms with Gasteiger partial charge in [0.15, 0.2) is 0 Å². The van der Waals surface area contributed by atoms with E-state index in [0.29, 0.717) is 6.54 Å². The summed E-state index contributed by atoms with van der Waals surface area (Å²) < 4.78 is 0.960. The average Bonchev–Trinajstić information content (AvgIpc) is 2.33. The van der Waals surface area contributed by atoms with E-state index >= 15 is 0 Å². The molecule has 0 saturated heterocycles. The number of hydrogen-bond acceptors (Lipinski definition) is 5. The van der Waals surface area contributed by atoms with Crippen LogP contribution in [0.1, 0.15) is 5.69 Å². The van der Waals surface area contributed by atoms with Gasteiger partial charge in [0.1, 0.15) is 10.1 Å². The first-order valence-electron chi connectivity index (χ1n) is 4.58. The zero-order valence-electron chi connectivity index (χ0n) is 8.30. The molecule has 2 N–H and O–H groups in total. The molecule has 0 atom stereocenters. The highest BCUT2D eigenvalue weighted by molar-refractivity contribution is 9.10. The van der Waals surface area contributed by atoms with Crippen LogP contribution >= 0.6 is 27.7 Å². The lowest BCUT2D eigenvalue weighted by Crippen LogP contribution is -2.00. The van der Waals surface area contributed by atoms with Crippen molar-refractivity contribution >= 4 is 27.7 Å². The second kappa shape index (κ2) is 5.38.